The van der Waals surface area contributed by atoms with E-state index >= 15 is 0 Å². The summed E-state index contributed by atoms with van der Waals surface area (Å²) < 4.78 is 34.2. The summed E-state index contributed by atoms with van der Waals surface area (Å²) in [5.74, 6) is -5.19. The molecule has 3 N–H and O–H groups in total. The first-order chi connectivity index (χ1) is 3.50. The third kappa shape index (κ3) is 1.40. The minimum atomic E-state index is -3.76. The fourth-order valence-corrected chi connectivity index (χ4v) is 0.0720. The molecule has 0 aliphatic carbocycles. The van der Waals surface area contributed by atoms with E-state index in [2.05, 4.69) is 5.73 Å². The van der Waals surface area contributed by atoms with E-state index in [9.17, 15) is 13.2 Å². The lowest BCUT2D eigenvalue weighted by atomic mass is 10.3. The Bertz CT molecular complexity index is 101. The molecule has 8 heavy (non-hydrogen) atoms. The van der Waals surface area contributed by atoms with Crippen molar-refractivity contribution < 1.29 is 13.2 Å². The molecule has 0 aromatic rings. The molecule has 0 aromatic heterocycles. The molecule has 0 spiro atoms. The first-order valence-electron chi connectivity index (χ1n) is 1.79. The Kier molecular flexibility index (Phi) is 1.83. The van der Waals surface area contributed by atoms with Crippen molar-refractivity contribution in [2.75, 3.05) is 6.67 Å². The number of amidine groups is 1. The van der Waals surface area contributed by atoms with Crippen LogP contribution in [0.15, 0.2) is 0 Å². The Balaban J connectivity index is 3.91. The molecule has 0 heterocycles. The van der Waals surface area contributed by atoms with Crippen molar-refractivity contribution in [2.24, 2.45) is 5.73 Å². The zero-order chi connectivity index (χ0) is 6.78. The van der Waals surface area contributed by atoms with Crippen LogP contribution in [0.3, 0.4) is 0 Å². The third-order valence-corrected chi connectivity index (χ3v) is 0.562. The molecule has 0 rings (SSSR count). The summed E-state index contributed by atoms with van der Waals surface area (Å²) >= 11 is 0. The first kappa shape index (κ1) is 7.26. The highest BCUT2D eigenvalue weighted by atomic mass is 19.3. The van der Waals surface area contributed by atoms with Gasteiger partial charge in [-0.15, -0.1) is 0 Å². The van der Waals surface area contributed by atoms with Crippen LogP contribution in [0.2, 0.25) is 0 Å². The lowest BCUT2D eigenvalue weighted by Gasteiger charge is -2.07. The van der Waals surface area contributed by atoms with Gasteiger partial charge in [0.15, 0.2) is 12.5 Å². The van der Waals surface area contributed by atoms with Crippen LogP contribution >= 0.6 is 0 Å². The second-order valence-electron chi connectivity index (χ2n) is 1.25. The van der Waals surface area contributed by atoms with Gasteiger partial charge in [0.2, 0.25) is 0 Å². The highest BCUT2D eigenvalue weighted by Gasteiger charge is 2.32. The highest BCUT2D eigenvalue weighted by Crippen LogP contribution is 2.11. The maximum absolute atomic E-state index is 11.6. The van der Waals surface area contributed by atoms with Crippen LogP contribution in [0.4, 0.5) is 13.2 Å². The van der Waals surface area contributed by atoms with Gasteiger partial charge in [-0.25, -0.2) is 4.39 Å². The van der Waals surface area contributed by atoms with Crippen molar-refractivity contribution >= 4 is 5.84 Å². The SMILES string of the molecule is N=C(N)C(F)(F)CF. The van der Waals surface area contributed by atoms with Crippen LogP contribution in [0.5, 0.6) is 0 Å². The van der Waals surface area contributed by atoms with Gasteiger partial charge in [-0.3, -0.25) is 5.41 Å². The monoisotopic (exact) mass is 126 g/mol. The molecule has 0 bridgehead atoms. The number of alkyl halides is 3. The molecule has 5 heteroatoms. The predicted octanol–water partition coefficient (Wildman–Crippen LogP) is 0.527. The van der Waals surface area contributed by atoms with Crippen LogP contribution in [-0.2, 0) is 0 Å². The molecule has 0 aliphatic rings. The van der Waals surface area contributed by atoms with E-state index in [1.165, 1.54) is 0 Å². The maximum Gasteiger partial charge on any atom is 0.331 e. The van der Waals surface area contributed by atoms with E-state index in [0.717, 1.165) is 0 Å². The minimum absolute atomic E-state index is 1.43. The number of rotatable bonds is 2. The lowest BCUT2D eigenvalue weighted by molar-refractivity contribution is 0.0465. The number of halogens is 3. The Hall–Kier alpha value is -0.740. The fraction of sp³-hybridized carbons (Fsp3) is 0.667. The Morgan fingerprint density at radius 3 is 2.00 bits per heavy atom. The first-order valence-corrected chi connectivity index (χ1v) is 1.79. The normalized spacial score (nSPS) is 11.4. The summed E-state index contributed by atoms with van der Waals surface area (Å²) in [5, 5.41) is 6.08. The highest BCUT2D eigenvalue weighted by molar-refractivity contribution is 5.84. The molecule has 0 aliphatic heterocycles. The largest absolute Gasteiger partial charge is 0.383 e. The average Bonchev–Trinajstić information content (AvgIpc) is 1.67. The Labute approximate surface area is 44.0 Å². The van der Waals surface area contributed by atoms with Gasteiger partial charge in [0.1, 0.15) is 0 Å². The standard InChI is InChI=1S/C3H5F3N2/c4-1-3(5,6)2(7)8/h1H2,(H3,7,8). The van der Waals surface area contributed by atoms with Gasteiger partial charge >= 0.3 is 5.92 Å². The number of nitrogens with one attached hydrogen (secondary N) is 1. The third-order valence-electron chi connectivity index (χ3n) is 0.562. The summed E-state index contributed by atoms with van der Waals surface area (Å²) in [4.78, 5) is 0. The molecule has 0 radical (unpaired) electrons. The van der Waals surface area contributed by atoms with Crippen LogP contribution in [0.25, 0.3) is 0 Å². The molecular formula is C3H5F3N2. The molecule has 0 saturated carbocycles. The number of hydrogen-bond donors (Lipinski definition) is 2. The van der Waals surface area contributed by atoms with Crippen molar-refractivity contribution in [2.45, 2.75) is 5.92 Å². The molecule has 48 valence electrons. The topological polar surface area (TPSA) is 49.9 Å². The van der Waals surface area contributed by atoms with Crippen molar-refractivity contribution in [1.82, 2.24) is 0 Å². The van der Waals surface area contributed by atoms with Crippen molar-refractivity contribution in [3.05, 3.63) is 0 Å². The number of nitrogens with two attached hydrogens (primary N) is 1. The summed E-state index contributed by atoms with van der Waals surface area (Å²) in [6, 6.07) is 0. The molecule has 0 unspecified atom stereocenters. The van der Waals surface area contributed by atoms with E-state index in [1.807, 2.05) is 0 Å². The smallest absolute Gasteiger partial charge is 0.331 e. The molecule has 0 fully saturated rings. The van der Waals surface area contributed by atoms with E-state index < -0.39 is 18.4 Å². The van der Waals surface area contributed by atoms with E-state index in [1.54, 1.807) is 0 Å². The number of hydrogen-bond acceptors (Lipinski definition) is 1. The van der Waals surface area contributed by atoms with Gasteiger partial charge in [-0.2, -0.15) is 8.78 Å². The summed E-state index contributed by atoms with van der Waals surface area (Å²) in [5.41, 5.74) is 4.27. The fourth-order valence-electron chi connectivity index (χ4n) is 0.0720. The van der Waals surface area contributed by atoms with Crippen LogP contribution in [-0.4, -0.2) is 18.4 Å². The molecule has 0 saturated heterocycles. The zero-order valence-electron chi connectivity index (χ0n) is 3.92. The summed E-state index contributed by atoms with van der Waals surface area (Å²) in [7, 11) is 0. The van der Waals surface area contributed by atoms with Gasteiger partial charge in [0, 0.05) is 0 Å². The molecule has 0 amide bonds. The molecule has 0 atom stereocenters. The average molecular weight is 126 g/mol. The van der Waals surface area contributed by atoms with Gasteiger partial charge < -0.3 is 5.73 Å². The van der Waals surface area contributed by atoms with Gasteiger partial charge in [-0.1, -0.05) is 0 Å². The maximum atomic E-state index is 11.6. The molecular weight excluding hydrogens is 121 g/mol. The summed E-state index contributed by atoms with van der Waals surface area (Å²) in [6.07, 6.45) is 0. The van der Waals surface area contributed by atoms with Crippen LogP contribution < -0.4 is 5.73 Å². The van der Waals surface area contributed by atoms with Gasteiger partial charge in [0.25, 0.3) is 0 Å². The minimum Gasteiger partial charge on any atom is -0.383 e. The molecule has 2 nitrogen and oxygen atoms in total. The summed E-state index contributed by atoms with van der Waals surface area (Å²) in [6.45, 7) is -1.90. The second kappa shape index (κ2) is 2.02. The van der Waals surface area contributed by atoms with Crippen LogP contribution in [0, 0.1) is 5.41 Å². The van der Waals surface area contributed by atoms with Gasteiger partial charge in [-0.05, 0) is 0 Å². The molecule has 0 aromatic carbocycles. The van der Waals surface area contributed by atoms with Crippen molar-refractivity contribution in [3.8, 4) is 0 Å². The van der Waals surface area contributed by atoms with Crippen molar-refractivity contribution in [1.29, 1.82) is 5.41 Å². The lowest BCUT2D eigenvalue weighted by Crippen LogP contribution is -2.36. The predicted molar refractivity (Wildman–Crippen MR) is 22.8 cm³/mol. The Morgan fingerprint density at radius 2 is 2.00 bits per heavy atom. The van der Waals surface area contributed by atoms with Crippen LogP contribution in [0.1, 0.15) is 0 Å². The van der Waals surface area contributed by atoms with E-state index in [4.69, 9.17) is 5.41 Å². The second-order valence-corrected chi connectivity index (χ2v) is 1.25. The van der Waals surface area contributed by atoms with Crippen molar-refractivity contribution in [3.63, 3.8) is 0 Å². The van der Waals surface area contributed by atoms with E-state index in [0.29, 0.717) is 0 Å². The quantitative estimate of drug-likeness (QED) is 0.411. The van der Waals surface area contributed by atoms with Gasteiger partial charge in [0.05, 0.1) is 0 Å². The zero-order valence-corrected chi connectivity index (χ0v) is 3.92. The Morgan fingerprint density at radius 1 is 1.62 bits per heavy atom. The van der Waals surface area contributed by atoms with E-state index in [-0.39, 0.29) is 0 Å².